The van der Waals surface area contributed by atoms with Crippen molar-refractivity contribution in [3.05, 3.63) is 51.4 Å². The second-order valence-corrected chi connectivity index (χ2v) is 8.32. The normalized spacial score (nSPS) is 18.0. The van der Waals surface area contributed by atoms with Crippen LogP contribution in [0.15, 0.2) is 24.3 Å². The summed E-state index contributed by atoms with van der Waals surface area (Å²) in [6, 6.07) is 6.47. The molecule has 1 aromatic carbocycles. The average molecular weight is 397 g/mol. The van der Waals surface area contributed by atoms with E-state index in [2.05, 4.69) is 12.2 Å². The highest BCUT2D eigenvalue weighted by atomic mass is 32.1. The summed E-state index contributed by atoms with van der Waals surface area (Å²) in [6.45, 7) is 1.73. The number of amides is 4. The Morgan fingerprint density at radius 2 is 1.86 bits per heavy atom. The highest BCUT2D eigenvalue weighted by molar-refractivity contribution is 7.17. The number of imide groups is 1. The van der Waals surface area contributed by atoms with Crippen LogP contribution in [0, 0.1) is 5.92 Å². The van der Waals surface area contributed by atoms with Crippen LogP contribution >= 0.6 is 11.3 Å². The molecular weight excluding hydrogens is 378 g/mol. The van der Waals surface area contributed by atoms with E-state index in [0.717, 1.165) is 34.6 Å². The quantitative estimate of drug-likeness (QED) is 0.771. The number of carbonyl (C=O) groups is 4. The largest absolute Gasteiger partial charge is 0.365 e. The van der Waals surface area contributed by atoms with Crippen LogP contribution < -0.4 is 11.1 Å². The Hall–Kier alpha value is -3.00. The lowest BCUT2D eigenvalue weighted by Gasteiger charge is -2.18. The van der Waals surface area contributed by atoms with Crippen molar-refractivity contribution in [2.24, 2.45) is 11.7 Å². The van der Waals surface area contributed by atoms with Gasteiger partial charge in [-0.05, 0) is 42.9 Å². The molecule has 1 aromatic heterocycles. The molecule has 7 nitrogen and oxygen atoms in total. The van der Waals surface area contributed by atoms with Crippen molar-refractivity contribution in [1.29, 1.82) is 0 Å². The fourth-order valence-electron chi connectivity index (χ4n) is 3.79. The molecule has 0 bridgehead atoms. The van der Waals surface area contributed by atoms with E-state index >= 15 is 0 Å². The van der Waals surface area contributed by atoms with E-state index in [4.69, 9.17) is 5.73 Å². The van der Waals surface area contributed by atoms with Crippen molar-refractivity contribution in [2.45, 2.75) is 26.2 Å². The third kappa shape index (κ3) is 2.99. The number of primary amides is 1. The van der Waals surface area contributed by atoms with Gasteiger partial charge in [-0.1, -0.05) is 19.1 Å². The van der Waals surface area contributed by atoms with E-state index in [-0.39, 0.29) is 0 Å². The number of carbonyl (C=O) groups excluding carboxylic acids is 4. The van der Waals surface area contributed by atoms with Crippen LogP contribution in [-0.2, 0) is 17.6 Å². The molecule has 8 heteroatoms. The second-order valence-electron chi connectivity index (χ2n) is 7.21. The Morgan fingerprint density at radius 1 is 1.21 bits per heavy atom. The lowest BCUT2D eigenvalue weighted by atomic mass is 9.88. The van der Waals surface area contributed by atoms with E-state index in [9.17, 15) is 19.2 Å². The molecule has 144 valence electrons. The van der Waals surface area contributed by atoms with Gasteiger partial charge >= 0.3 is 0 Å². The molecule has 4 rings (SSSR count). The van der Waals surface area contributed by atoms with Crippen molar-refractivity contribution in [3.8, 4) is 0 Å². The van der Waals surface area contributed by atoms with Gasteiger partial charge in [0.15, 0.2) is 0 Å². The summed E-state index contributed by atoms with van der Waals surface area (Å²) in [6.07, 6.45) is 2.56. The summed E-state index contributed by atoms with van der Waals surface area (Å²) in [4.78, 5) is 51.3. The number of nitrogens with two attached hydrogens (primary N) is 1. The SMILES string of the molecule is C[C@H]1CCc2c(sc(NC(=O)CN3C(=O)c4ccccc4C3=O)c2C(N)=O)C1. The Balaban J connectivity index is 1.55. The first kappa shape index (κ1) is 18.4. The smallest absolute Gasteiger partial charge is 0.262 e. The van der Waals surface area contributed by atoms with E-state index in [1.165, 1.54) is 11.3 Å². The number of nitrogens with zero attached hydrogens (tertiary/aromatic N) is 1. The van der Waals surface area contributed by atoms with E-state index in [1.807, 2.05) is 0 Å². The lowest BCUT2D eigenvalue weighted by molar-refractivity contribution is -0.116. The minimum atomic E-state index is -0.580. The monoisotopic (exact) mass is 397 g/mol. The molecule has 2 aromatic rings. The fourth-order valence-corrected chi connectivity index (χ4v) is 5.22. The Kier molecular flexibility index (Phi) is 4.50. The van der Waals surface area contributed by atoms with Gasteiger partial charge in [0.05, 0.1) is 16.7 Å². The molecule has 0 unspecified atom stereocenters. The zero-order valence-electron chi connectivity index (χ0n) is 15.3. The van der Waals surface area contributed by atoms with E-state index in [1.54, 1.807) is 24.3 Å². The Morgan fingerprint density at radius 3 is 2.46 bits per heavy atom. The van der Waals surface area contributed by atoms with Crippen molar-refractivity contribution >= 4 is 40.0 Å². The van der Waals surface area contributed by atoms with Crippen LogP contribution in [0.25, 0.3) is 0 Å². The number of hydrogen-bond donors (Lipinski definition) is 2. The Bertz CT molecular complexity index is 991. The van der Waals surface area contributed by atoms with Crippen molar-refractivity contribution in [3.63, 3.8) is 0 Å². The summed E-state index contributed by atoms with van der Waals surface area (Å²) in [5.41, 5.74) is 7.40. The second kappa shape index (κ2) is 6.87. The molecule has 1 aliphatic heterocycles. The molecule has 0 saturated heterocycles. The van der Waals surface area contributed by atoms with Crippen LogP contribution in [0.2, 0.25) is 0 Å². The van der Waals surface area contributed by atoms with E-state index in [0.29, 0.717) is 27.6 Å². The average Bonchev–Trinajstić information content (AvgIpc) is 3.12. The molecule has 2 aliphatic rings. The summed E-state index contributed by atoms with van der Waals surface area (Å²) in [5.74, 6) is -1.60. The van der Waals surface area contributed by atoms with Crippen LogP contribution in [-0.4, -0.2) is 35.1 Å². The van der Waals surface area contributed by atoms with Gasteiger partial charge in [0.1, 0.15) is 11.5 Å². The molecular formula is C20H19N3O4S. The van der Waals surface area contributed by atoms with Gasteiger partial charge in [-0.25, -0.2) is 0 Å². The van der Waals surface area contributed by atoms with Crippen molar-refractivity contribution in [1.82, 2.24) is 4.90 Å². The maximum Gasteiger partial charge on any atom is 0.262 e. The fraction of sp³-hybridized carbons (Fsp3) is 0.300. The number of hydrogen-bond acceptors (Lipinski definition) is 5. The number of fused-ring (bicyclic) bond motifs is 2. The first-order valence-electron chi connectivity index (χ1n) is 9.06. The standard InChI is InChI=1S/C20H19N3O4S/c1-10-6-7-13-14(8-10)28-18(16(13)17(21)25)22-15(24)9-23-19(26)11-4-2-3-5-12(11)20(23)27/h2-5,10H,6-9H2,1H3,(H2,21,25)(H,22,24)/t10-/m0/s1. The molecule has 0 fully saturated rings. The third-order valence-corrected chi connectivity index (χ3v) is 6.36. The first-order valence-corrected chi connectivity index (χ1v) is 9.88. The zero-order chi connectivity index (χ0) is 20.0. The summed E-state index contributed by atoms with van der Waals surface area (Å²) in [7, 11) is 0. The summed E-state index contributed by atoms with van der Waals surface area (Å²) in [5, 5.41) is 3.09. The lowest BCUT2D eigenvalue weighted by Crippen LogP contribution is -2.37. The van der Waals surface area contributed by atoms with Crippen LogP contribution in [0.5, 0.6) is 0 Å². The Labute approximate surface area is 165 Å². The maximum atomic E-state index is 12.6. The van der Waals surface area contributed by atoms with Gasteiger partial charge in [0, 0.05) is 4.88 Å². The van der Waals surface area contributed by atoms with Gasteiger partial charge in [0.25, 0.3) is 17.7 Å². The van der Waals surface area contributed by atoms with Crippen LogP contribution in [0.3, 0.4) is 0 Å². The summed E-state index contributed by atoms with van der Waals surface area (Å²) >= 11 is 1.35. The topological polar surface area (TPSA) is 110 Å². The van der Waals surface area contributed by atoms with Gasteiger partial charge in [-0.2, -0.15) is 0 Å². The van der Waals surface area contributed by atoms with E-state index < -0.39 is 30.2 Å². The van der Waals surface area contributed by atoms with Crippen molar-refractivity contribution < 1.29 is 19.2 Å². The number of benzene rings is 1. The van der Waals surface area contributed by atoms with Crippen LogP contribution in [0.4, 0.5) is 5.00 Å². The third-order valence-electron chi connectivity index (χ3n) is 5.19. The molecule has 0 radical (unpaired) electrons. The highest BCUT2D eigenvalue weighted by Gasteiger charge is 2.36. The number of nitrogens with one attached hydrogen (secondary N) is 1. The number of thiophene rings is 1. The summed E-state index contributed by atoms with van der Waals surface area (Å²) < 4.78 is 0. The molecule has 28 heavy (non-hydrogen) atoms. The van der Waals surface area contributed by atoms with Gasteiger partial charge in [0.2, 0.25) is 5.91 Å². The molecule has 3 N–H and O–H groups in total. The molecule has 0 saturated carbocycles. The highest BCUT2D eigenvalue weighted by Crippen LogP contribution is 2.39. The maximum absolute atomic E-state index is 12.6. The van der Waals surface area contributed by atoms with Gasteiger partial charge in [-0.15, -0.1) is 11.3 Å². The van der Waals surface area contributed by atoms with Gasteiger partial charge < -0.3 is 11.1 Å². The minimum Gasteiger partial charge on any atom is -0.365 e. The predicted molar refractivity (Wildman–Crippen MR) is 104 cm³/mol. The van der Waals surface area contributed by atoms with Crippen molar-refractivity contribution in [2.75, 3.05) is 11.9 Å². The number of rotatable bonds is 4. The molecule has 1 aliphatic carbocycles. The zero-order valence-corrected chi connectivity index (χ0v) is 16.1. The first-order chi connectivity index (χ1) is 13.4. The number of anilines is 1. The molecule has 4 amide bonds. The molecule has 2 heterocycles. The molecule has 0 spiro atoms. The van der Waals surface area contributed by atoms with Crippen LogP contribution in [0.1, 0.15) is 54.9 Å². The predicted octanol–water partition coefficient (Wildman–Crippen LogP) is 2.21. The van der Waals surface area contributed by atoms with Gasteiger partial charge in [-0.3, -0.25) is 24.1 Å². The minimum absolute atomic E-state index is 0.290. The molecule has 1 atom stereocenters.